The first-order valence-corrected chi connectivity index (χ1v) is 6.19. The van der Waals surface area contributed by atoms with Crippen LogP contribution in [0.5, 0.6) is 0 Å². The number of nitrogens with zero attached hydrogens (tertiary/aromatic N) is 3. The van der Waals surface area contributed by atoms with Gasteiger partial charge in [-0.1, -0.05) is 0 Å². The van der Waals surface area contributed by atoms with Gasteiger partial charge in [0.15, 0.2) is 0 Å². The van der Waals surface area contributed by atoms with Crippen LogP contribution in [0.15, 0.2) is 0 Å². The van der Waals surface area contributed by atoms with Crippen LogP contribution in [0.4, 0.5) is 0 Å². The van der Waals surface area contributed by atoms with E-state index >= 15 is 0 Å². The molecule has 2 fully saturated rings. The van der Waals surface area contributed by atoms with E-state index in [1.54, 1.807) is 9.80 Å². The van der Waals surface area contributed by atoms with Crippen LogP contribution in [0.3, 0.4) is 0 Å². The van der Waals surface area contributed by atoms with E-state index in [4.69, 9.17) is 5.26 Å². The van der Waals surface area contributed by atoms with Gasteiger partial charge in [-0.25, -0.2) is 0 Å². The first kappa shape index (κ1) is 11.9. The van der Waals surface area contributed by atoms with Crippen LogP contribution in [-0.2, 0) is 9.59 Å². The number of carbonyl (C=O) groups excluding carboxylic acids is 2. The Bertz CT molecular complexity index is 361. The molecule has 5 heteroatoms. The Morgan fingerprint density at radius 3 is 2.94 bits per heavy atom. The van der Waals surface area contributed by atoms with Crippen molar-refractivity contribution < 1.29 is 9.59 Å². The van der Waals surface area contributed by atoms with Crippen molar-refractivity contribution in [2.24, 2.45) is 0 Å². The molecule has 1 atom stereocenters. The van der Waals surface area contributed by atoms with Crippen molar-refractivity contribution in [3.05, 3.63) is 0 Å². The van der Waals surface area contributed by atoms with Crippen molar-refractivity contribution in [2.75, 3.05) is 19.6 Å². The Balaban J connectivity index is 1.89. The number of fused-ring (bicyclic) bond motifs is 1. The molecule has 2 amide bonds. The summed E-state index contributed by atoms with van der Waals surface area (Å²) in [6.45, 7) is 1.57. The largest absolute Gasteiger partial charge is 0.332 e. The molecule has 0 N–H and O–H groups in total. The highest BCUT2D eigenvalue weighted by Crippen LogP contribution is 2.23. The minimum Gasteiger partial charge on any atom is -0.332 e. The van der Waals surface area contributed by atoms with E-state index < -0.39 is 0 Å². The van der Waals surface area contributed by atoms with Gasteiger partial charge in [0.25, 0.3) is 0 Å². The summed E-state index contributed by atoms with van der Waals surface area (Å²) in [4.78, 5) is 27.3. The number of rotatable bonds is 4. The van der Waals surface area contributed by atoms with E-state index in [1.165, 1.54) is 0 Å². The molecule has 0 bridgehead atoms. The molecule has 2 heterocycles. The summed E-state index contributed by atoms with van der Waals surface area (Å²) in [6, 6.07) is 1.88. The minimum absolute atomic E-state index is 0.0763. The van der Waals surface area contributed by atoms with Gasteiger partial charge in [-0.15, -0.1) is 0 Å². The summed E-state index contributed by atoms with van der Waals surface area (Å²) in [6.07, 6.45) is 3.86. The number of hydrogen-bond acceptors (Lipinski definition) is 3. The SMILES string of the molecule is N#CCCCCN1CC(=O)N2CCCC2C1=O. The van der Waals surface area contributed by atoms with Gasteiger partial charge in [-0.2, -0.15) is 5.26 Å². The number of amides is 2. The average molecular weight is 235 g/mol. The van der Waals surface area contributed by atoms with Gasteiger partial charge in [-0.05, 0) is 25.7 Å². The third-order valence-electron chi connectivity index (χ3n) is 3.46. The van der Waals surface area contributed by atoms with Crippen LogP contribution in [0, 0.1) is 11.3 Å². The van der Waals surface area contributed by atoms with Crippen molar-refractivity contribution >= 4 is 11.8 Å². The Hall–Kier alpha value is -1.57. The van der Waals surface area contributed by atoms with E-state index in [0.717, 1.165) is 32.2 Å². The molecule has 2 aliphatic rings. The summed E-state index contributed by atoms with van der Waals surface area (Å²) in [7, 11) is 0. The molecule has 5 nitrogen and oxygen atoms in total. The van der Waals surface area contributed by atoms with Crippen molar-refractivity contribution in [3.63, 3.8) is 0 Å². The maximum Gasteiger partial charge on any atom is 0.245 e. The lowest BCUT2D eigenvalue weighted by atomic mass is 10.1. The fourth-order valence-corrected chi connectivity index (χ4v) is 2.56. The molecule has 1 unspecified atom stereocenters. The first-order valence-electron chi connectivity index (χ1n) is 6.19. The molecule has 0 aromatic rings. The maximum absolute atomic E-state index is 12.1. The van der Waals surface area contributed by atoms with Gasteiger partial charge in [0.05, 0.1) is 12.6 Å². The second kappa shape index (κ2) is 5.17. The number of hydrogen-bond donors (Lipinski definition) is 0. The highest BCUT2D eigenvalue weighted by Gasteiger charge is 2.41. The number of nitriles is 1. The van der Waals surface area contributed by atoms with Crippen molar-refractivity contribution in [2.45, 2.75) is 38.1 Å². The lowest BCUT2D eigenvalue weighted by Crippen LogP contribution is -2.57. The van der Waals surface area contributed by atoms with E-state index in [1.807, 2.05) is 0 Å². The summed E-state index contributed by atoms with van der Waals surface area (Å²) >= 11 is 0. The lowest BCUT2D eigenvalue weighted by molar-refractivity contribution is -0.153. The summed E-state index contributed by atoms with van der Waals surface area (Å²) < 4.78 is 0. The van der Waals surface area contributed by atoms with E-state index in [-0.39, 0.29) is 24.4 Å². The minimum atomic E-state index is -0.202. The standard InChI is InChI=1S/C12H17N3O2/c13-6-2-1-3-7-14-9-11(16)15-8-4-5-10(15)12(14)17/h10H,1-5,7-9H2. The van der Waals surface area contributed by atoms with Gasteiger partial charge in [0.1, 0.15) is 6.04 Å². The van der Waals surface area contributed by atoms with Crippen molar-refractivity contribution in [3.8, 4) is 6.07 Å². The van der Waals surface area contributed by atoms with E-state index in [9.17, 15) is 9.59 Å². The van der Waals surface area contributed by atoms with Gasteiger partial charge >= 0.3 is 0 Å². The second-order valence-corrected chi connectivity index (χ2v) is 4.62. The Morgan fingerprint density at radius 2 is 2.18 bits per heavy atom. The molecule has 0 radical (unpaired) electrons. The molecule has 2 rings (SSSR count). The predicted octanol–water partition coefficient (Wildman–Crippen LogP) is 0.513. The van der Waals surface area contributed by atoms with Crippen LogP contribution in [0.1, 0.15) is 32.1 Å². The zero-order valence-corrected chi connectivity index (χ0v) is 9.89. The van der Waals surface area contributed by atoms with Gasteiger partial charge in [0, 0.05) is 19.5 Å². The first-order chi connectivity index (χ1) is 8.24. The van der Waals surface area contributed by atoms with Crippen LogP contribution in [-0.4, -0.2) is 47.3 Å². The molecule has 0 aliphatic carbocycles. The van der Waals surface area contributed by atoms with Gasteiger partial charge in [-0.3, -0.25) is 9.59 Å². The third-order valence-corrected chi connectivity index (χ3v) is 3.46. The Labute approximate surface area is 101 Å². The summed E-state index contributed by atoms with van der Waals surface area (Å²) in [5.41, 5.74) is 0. The van der Waals surface area contributed by atoms with Crippen LogP contribution in [0.2, 0.25) is 0 Å². The second-order valence-electron chi connectivity index (χ2n) is 4.62. The zero-order chi connectivity index (χ0) is 12.3. The highest BCUT2D eigenvalue weighted by molar-refractivity contribution is 5.95. The molecule has 0 aromatic carbocycles. The molecular formula is C12H17N3O2. The molecule has 0 saturated carbocycles. The third kappa shape index (κ3) is 2.41. The maximum atomic E-state index is 12.1. The Kier molecular flexibility index (Phi) is 3.62. The lowest BCUT2D eigenvalue weighted by Gasteiger charge is -2.36. The highest BCUT2D eigenvalue weighted by atomic mass is 16.2. The van der Waals surface area contributed by atoms with Gasteiger partial charge < -0.3 is 9.80 Å². The van der Waals surface area contributed by atoms with E-state index in [2.05, 4.69) is 6.07 Å². The molecule has 2 saturated heterocycles. The summed E-state index contributed by atoms with van der Waals surface area (Å²) in [5, 5.41) is 8.43. The van der Waals surface area contributed by atoms with Crippen LogP contribution in [0.25, 0.3) is 0 Å². The van der Waals surface area contributed by atoms with Gasteiger partial charge in [0.2, 0.25) is 11.8 Å². The fourth-order valence-electron chi connectivity index (χ4n) is 2.56. The zero-order valence-electron chi connectivity index (χ0n) is 9.89. The number of piperazine rings is 1. The van der Waals surface area contributed by atoms with E-state index in [0.29, 0.717) is 13.0 Å². The molecular weight excluding hydrogens is 218 g/mol. The summed E-state index contributed by atoms with van der Waals surface area (Å²) in [5.74, 6) is 0.173. The number of carbonyl (C=O) groups is 2. The fraction of sp³-hybridized carbons (Fsp3) is 0.750. The average Bonchev–Trinajstić information content (AvgIpc) is 2.80. The smallest absolute Gasteiger partial charge is 0.245 e. The normalized spacial score (nSPS) is 23.8. The molecule has 0 aromatic heterocycles. The van der Waals surface area contributed by atoms with Crippen molar-refractivity contribution in [1.29, 1.82) is 5.26 Å². The molecule has 17 heavy (non-hydrogen) atoms. The topological polar surface area (TPSA) is 64.4 Å². The van der Waals surface area contributed by atoms with Crippen molar-refractivity contribution in [1.82, 2.24) is 9.80 Å². The Morgan fingerprint density at radius 1 is 1.35 bits per heavy atom. The molecule has 92 valence electrons. The van der Waals surface area contributed by atoms with Crippen LogP contribution < -0.4 is 0 Å². The van der Waals surface area contributed by atoms with Crippen LogP contribution >= 0.6 is 0 Å². The predicted molar refractivity (Wildman–Crippen MR) is 60.8 cm³/mol. The monoisotopic (exact) mass is 235 g/mol. The molecule has 2 aliphatic heterocycles. The quantitative estimate of drug-likeness (QED) is 0.667. The number of unbranched alkanes of at least 4 members (excludes halogenated alkanes) is 2. The molecule has 0 spiro atoms.